The Balaban J connectivity index is 1.66. The van der Waals surface area contributed by atoms with Crippen molar-refractivity contribution in [1.29, 1.82) is 0 Å². The highest BCUT2D eigenvalue weighted by Crippen LogP contribution is 2.42. The number of likely N-dealkylation sites (tertiary alicyclic amines) is 2. The molecule has 2 amide bonds. The van der Waals surface area contributed by atoms with Crippen molar-refractivity contribution in [3.8, 4) is 0 Å². The van der Waals surface area contributed by atoms with Gasteiger partial charge in [-0.3, -0.25) is 9.59 Å². The molecule has 158 valence electrons. The number of benzene rings is 1. The third-order valence-electron chi connectivity index (χ3n) is 6.26. The number of amides is 2. The quantitative estimate of drug-likeness (QED) is 0.771. The first-order valence-electron chi connectivity index (χ1n) is 10.3. The van der Waals surface area contributed by atoms with Crippen LogP contribution in [0.2, 0.25) is 0 Å². The van der Waals surface area contributed by atoms with E-state index in [-0.39, 0.29) is 41.3 Å². The highest BCUT2D eigenvalue weighted by atomic mass is 16.3. The molecule has 4 rings (SSSR count). The number of hydrogen-bond donors (Lipinski definition) is 2. The third-order valence-corrected chi connectivity index (χ3v) is 6.26. The number of nitrogens with zero attached hydrogens (tertiary/aromatic N) is 4. The van der Waals surface area contributed by atoms with Gasteiger partial charge in [-0.25, -0.2) is 9.97 Å². The minimum atomic E-state index is -0.612. The standard InChI is InChI=1S/C22H27N5O3/c1-13-10-17(25-22(23)24-13)21(30)26-9-8-19(29)20-16(15-6-4-3-5-7-15)11-27(14(2)28)18(20)12-26/h3-7,10,16,18-20,29H,8-9,11-12H2,1-2H3,(H2,23,24,25)/t16-,18+,19+,20-/m0/s1. The van der Waals surface area contributed by atoms with Crippen molar-refractivity contribution in [3.05, 3.63) is 53.3 Å². The fourth-order valence-electron chi connectivity index (χ4n) is 4.92. The summed E-state index contributed by atoms with van der Waals surface area (Å²) < 4.78 is 0. The van der Waals surface area contributed by atoms with Crippen molar-refractivity contribution >= 4 is 17.8 Å². The SMILES string of the molecule is CC(=O)N1C[C@@H](c2ccccc2)[C@@H]2[C@H](O)CCN(C(=O)c3cc(C)nc(N)n3)C[C@H]21. The Bertz CT molecular complexity index is 931. The van der Waals surface area contributed by atoms with E-state index in [1.165, 1.54) is 0 Å². The lowest BCUT2D eigenvalue weighted by atomic mass is 9.81. The van der Waals surface area contributed by atoms with Gasteiger partial charge >= 0.3 is 0 Å². The minimum Gasteiger partial charge on any atom is -0.393 e. The fourth-order valence-corrected chi connectivity index (χ4v) is 4.92. The van der Waals surface area contributed by atoms with Gasteiger partial charge in [-0.2, -0.15) is 0 Å². The molecule has 2 fully saturated rings. The Labute approximate surface area is 175 Å². The smallest absolute Gasteiger partial charge is 0.272 e. The van der Waals surface area contributed by atoms with E-state index in [2.05, 4.69) is 9.97 Å². The maximum atomic E-state index is 13.2. The van der Waals surface area contributed by atoms with E-state index < -0.39 is 6.10 Å². The summed E-state index contributed by atoms with van der Waals surface area (Å²) in [6.07, 6.45) is -0.166. The molecular formula is C22H27N5O3. The average Bonchev–Trinajstić information content (AvgIpc) is 3.01. The highest BCUT2D eigenvalue weighted by molar-refractivity contribution is 5.92. The minimum absolute atomic E-state index is 0.0297. The number of aliphatic hydroxyl groups excluding tert-OH is 1. The lowest BCUT2D eigenvalue weighted by Crippen LogP contribution is -2.46. The Kier molecular flexibility index (Phi) is 5.42. The highest BCUT2D eigenvalue weighted by Gasteiger charge is 2.49. The van der Waals surface area contributed by atoms with E-state index >= 15 is 0 Å². The molecule has 0 bridgehead atoms. The maximum Gasteiger partial charge on any atom is 0.272 e. The first kappa shape index (κ1) is 20.3. The largest absolute Gasteiger partial charge is 0.393 e. The number of carbonyl (C=O) groups excluding carboxylic acids is 2. The van der Waals surface area contributed by atoms with Crippen LogP contribution in [0.1, 0.15) is 41.0 Å². The normalized spacial score (nSPS) is 26.2. The second-order valence-corrected chi connectivity index (χ2v) is 8.19. The summed E-state index contributed by atoms with van der Waals surface area (Å²) in [6.45, 7) is 4.58. The van der Waals surface area contributed by atoms with Crippen LogP contribution in [0.25, 0.3) is 0 Å². The molecule has 0 aliphatic carbocycles. The first-order chi connectivity index (χ1) is 14.3. The first-order valence-corrected chi connectivity index (χ1v) is 10.3. The van der Waals surface area contributed by atoms with Crippen LogP contribution in [0.3, 0.4) is 0 Å². The molecule has 2 aliphatic heterocycles. The summed E-state index contributed by atoms with van der Waals surface area (Å²) in [5.41, 5.74) is 7.69. The number of nitrogens with two attached hydrogens (primary N) is 1. The third kappa shape index (κ3) is 3.75. The average molecular weight is 409 g/mol. The van der Waals surface area contributed by atoms with Crippen LogP contribution in [0.15, 0.2) is 36.4 Å². The molecule has 8 heteroatoms. The zero-order valence-electron chi connectivity index (χ0n) is 17.2. The van der Waals surface area contributed by atoms with Crippen molar-refractivity contribution in [2.24, 2.45) is 5.92 Å². The van der Waals surface area contributed by atoms with E-state index in [0.717, 1.165) is 5.56 Å². The second-order valence-electron chi connectivity index (χ2n) is 8.19. The summed E-state index contributed by atoms with van der Waals surface area (Å²) in [5.74, 6) is -0.353. The molecule has 8 nitrogen and oxygen atoms in total. The molecular weight excluding hydrogens is 382 g/mol. The molecule has 30 heavy (non-hydrogen) atoms. The molecule has 0 saturated carbocycles. The Morgan fingerprint density at radius 2 is 1.90 bits per heavy atom. The van der Waals surface area contributed by atoms with Crippen molar-refractivity contribution in [3.63, 3.8) is 0 Å². The summed E-state index contributed by atoms with van der Waals surface area (Å²) in [5, 5.41) is 11.0. The van der Waals surface area contributed by atoms with Gasteiger partial charge in [0.15, 0.2) is 0 Å². The van der Waals surface area contributed by atoms with Crippen LogP contribution in [-0.4, -0.2) is 68.5 Å². The number of rotatable bonds is 2. The number of aliphatic hydroxyl groups is 1. The number of aryl methyl sites for hydroxylation is 1. The summed E-state index contributed by atoms with van der Waals surface area (Å²) in [6, 6.07) is 11.3. The van der Waals surface area contributed by atoms with E-state index in [1.807, 2.05) is 30.3 Å². The van der Waals surface area contributed by atoms with Crippen molar-refractivity contribution in [2.45, 2.75) is 38.3 Å². The molecule has 0 spiro atoms. The fraction of sp³-hybridized carbons (Fsp3) is 0.455. The zero-order chi connectivity index (χ0) is 21.4. The lowest BCUT2D eigenvalue weighted by Gasteiger charge is -2.31. The topological polar surface area (TPSA) is 113 Å². The van der Waals surface area contributed by atoms with Gasteiger partial charge in [0.25, 0.3) is 5.91 Å². The predicted molar refractivity (Wildman–Crippen MR) is 112 cm³/mol. The van der Waals surface area contributed by atoms with E-state index in [4.69, 9.17) is 5.73 Å². The maximum absolute atomic E-state index is 13.2. The molecule has 3 heterocycles. The van der Waals surface area contributed by atoms with Crippen molar-refractivity contribution < 1.29 is 14.7 Å². The number of hydrogen-bond acceptors (Lipinski definition) is 6. The van der Waals surface area contributed by atoms with E-state index in [1.54, 1.807) is 29.7 Å². The second kappa shape index (κ2) is 8.02. The number of fused-ring (bicyclic) bond motifs is 1. The monoisotopic (exact) mass is 409 g/mol. The van der Waals surface area contributed by atoms with Gasteiger partial charge in [0.05, 0.1) is 12.1 Å². The molecule has 2 aromatic rings. The van der Waals surface area contributed by atoms with Gasteiger partial charge < -0.3 is 20.6 Å². The van der Waals surface area contributed by atoms with Crippen molar-refractivity contribution in [2.75, 3.05) is 25.4 Å². The van der Waals surface area contributed by atoms with E-state index in [0.29, 0.717) is 31.7 Å². The van der Waals surface area contributed by atoms with Gasteiger partial charge in [0, 0.05) is 44.1 Å². The van der Waals surface area contributed by atoms with Crippen molar-refractivity contribution in [1.82, 2.24) is 19.8 Å². The van der Waals surface area contributed by atoms with Gasteiger partial charge in [-0.1, -0.05) is 30.3 Å². The Morgan fingerprint density at radius 1 is 1.17 bits per heavy atom. The summed E-state index contributed by atoms with van der Waals surface area (Å²) in [4.78, 5) is 37.2. The van der Waals surface area contributed by atoms with Gasteiger partial charge in [-0.15, -0.1) is 0 Å². The Morgan fingerprint density at radius 3 is 2.57 bits per heavy atom. The van der Waals surface area contributed by atoms with Crippen LogP contribution < -0.4 is 5.73 Å². The molecule has 3 N–H and O–H groups in total. The van der Waals surface area contributed by atoms with E-state index in [9.17, 15) is 14.7 Å². The lowest BCUT2D eigenvalue weighted by molar-refractivity contribution is -0.130. The molecule has 1 aromatic carbocycles. The van der Waals surface area contributed by atoms with Crippen LogP contribution in [0.5, 0.6) is 0 Å². The van der Waals surface area contributed by atoms with Crippen LogP contribution in [0, 0.1) is 12.8 Å². The number of anilines is 1. The Hall–Kier alpha value is -3.00. The van der Waals surface area contributed by atoms with Gasteiger partial charge in [-0.05, 0) is 25.0 Å². The van der Waals surface area contributed by atoms with Crippen LogP contribution in [-0.2, 0) is 4.79 Å². The number of aromatic nitrogens is 2. The van der Waals surface area contributed by atoms with Crippen LogP contribution >= 0.6 is 0 Å². The molecule has 2 saturated heterocycles. The molecule has 1 aromatic heterocycles. The summed E-state index contributed by atoms with van der Waals surface area (Å²) in [7, 11) is 0. The molecule has 4 atom stereocenters. The zero-order valence-corrected chi connectivity index (χ0v) is 17.2. The molecule has 0 unspecified atom stereocenters. The number of nitrogen functional groups attached to an aromatic ring is 1. The van der Waals surface area contributed by atoms with Crippen LogP contribution in [0.4, 0.5) is 5.95 Å². The van der Waals surface area contributed by atoms with Gasteiger partial charge in [0.2, 0.25) is 11.9 Å². The summed E-state index contributed by atoms with van der Waals surface area (Å²) >= 11 is 0. The molecule has 2 aliphatic rings. The van der Waals surface area contributed by atoms with Gasteiger partial charge in [0.1, 0.15) is 5.69 Å². The molecule has 0 radical (unpaired) electrons. The predicted octanol–water partition coefficient (Wildman–Crippen LogP) is 1.20. The number of carbonyl (C=O) groups is 2.